The predicted octanol–water partition coefficient (Wildman–Crippen LogP) is 5.13. The van der Waals surface area contributed by atoms with E-state index in [1.807, 2.05) is 75.4 Å². The number of ether oxygens (including phenoxy) is 2. The van der Waals surface area contributed by atoms with Crippen LogP contribution in [0.2, 0.25) is 0 Å². The molecule has 0 bridgehead atoms. The Morgan fingerprint density at radius 1 is 1.14 bits per heavy atom. The van der Waals surface area contributed by atoms with Crippen molar-refractivity contribution in [3.05, 3.63) is 65.7 Å². The molecular formula is C24H28N2O3. The molecule has 152 valence electrons. The lowest BCUT2D eigenvalue weighted by Gasteiger charge is -2.24. The van der Waals surface area contributed by atoms with Crippen molar-refractivity contribution in [1.82, 2.24) is 4.90 Å². The molecule has 2 aromatic rings. The smallest absolute Gasteiger partial charge is 0.410 e. The monoisotopic (exact) mass is 392 g/mol. The average molecular weight is 392 g/mol. The maximum atomic E-state index is 12.5. The Morgan fingerprint density at radius 3 is 2.59 bits per heavy atom. The Morgan fingerprint density at radius 2 is 1.90 bits per heavy atom. The second kappa shape index (κ2) is 9.00. The number of amides is 1. The number of nitriles is 1. The number of benzene rings is 2. The van der Waals surface area contributed by atoms with E-state index in [9.17, 15) is 10.1 Å². The molecule has 29 heavy (non-hydrogen) atoms. The Balaban J connectivity index is 1.72. The molecule has 1 fully saturated rings. The Bertz CT molecular complexity index is 868. The fraction of sp³-hybridized carbons (Fsp3) is 0.417. The molecule has 5 heteroatoms. The van der Waals surface area contributed by atoms with Crippen molar-refractivity contribution in [2.45, 2.75) is 45.3 Å². The number of carbonyl (C=O) groups is 1. The van der Waals surface area contributed by atoms with Gasteiger partial charge in [-0.05, 0) is 49.9 Å². The molecule has 1 aliphatic rings. The van der Waals surface area contributed by atoms with Gasteiger partial charge in [0, 0.05) is 25.4 Å². The molecule has 0 spiro atoms. The second-order valence-corrected chi connectivity index (χ2v) is 8.46. The van der Waals surface area contributed by atoms with Crippen molar-refractivity contribution in [3.63, 3.8) is 0 Å². The molecular weight excluding hydrogens is 364 g/mol. The van der Waals surface area contributed by atoms with Crippen LogP contribution in [0.5, 0.6) is 5.75 Å². The molecule has 2 aromatic carbocycles. The standard InChI is InChI=1S/C24H28N2O3/c1-24(2,3)29-23(27)26-15-20(12-13-25)22(16-26)19-10-7-11-21(14-19)28-17-18-8-5-4-6-9-18/h4-11,14,20,22H,12,15-17H2,1-3H3/t20-,22-/m0/s1. The summed E-state index contributed by atoms with van der Waals surface area (Å²) in [7, 11) is 0. The topological polar surface area (TPSA) is 62.6 Å². The van der Waals surface area contributed by atoms with Gasteiger partial charge in [0.25, 0.3) is 0 Å². The molecule has 0 unspecified atom stereocenters. The number of nitrogens with zero attached hydrogens (tertiary/aromatic N) is 2. The fourth-order valence-electron chi connectivity index (χ4n) is 3.62. The van der Waals surface area contributed by atoms with Crippen molar-refractivity contribution in [2.24, 2.45) is 5.92 Å². The predicted molar refractivity (Wildman–Crippen MR) is 111 cm³/mol. The summed E-state index contributed by atoms with van der Waals surface area (Å²) in [5, 5.41) is 9.26. The lowest BCUT2D eigenvalue weighted by molar-refractivity contribution is 0.0287. The minimum Gasteiger partial charge on any atom is -0.489 e. The van der Waals surface area contributed by atoms with Gasteiger partial charge in [0.1, 0.15) is 18.0 Å². The molecule has 0 aliphatic carbocycles. The largest absolute Gasteiger partial charge is 0.489 e. The molecule has 0 radical (unpaired) electrons. The highest BCUT2D eigenvalue weighted by molar-refractivity contribution is 5.68. The molecule has 1 aliphatic heterocycles. The first-order valence-corrected chi connectivity index (χ1v) is 9.97. The van der Waals surface area contributed by atoms with Gasteiger partial charge >= 0.3 is 6.09 Å². The zero-order chi connectivity index (χ0) is 20.9. The highest BCUT2D eigenvalue weighted by atomic mass is 16.6. The first-order chi connectivity index (χ1) is 13.9. The zero-order valence-corrected chi connectivity index (χ0v) is 17.3. The van der Waals surface area contributed by atoms with E-state index in [0.29, 0.717) is 26.1 Å². The molecule has 3 rings (SSSR count). The van der Waals surface area contributed by atoms with Crippen LogP contribution in [0, 0.1) is 17.2 Å². The molecule has 0 aromatic heterocycles. The van der Waals surface area contributed by atoms with Gasteiger partial charge in [0.15, 0.2) is 0 Å². The number of hydrogen-bond acceptors (Lipinski definition) is 4. The Kier molecular flexibility index (Phi) is 6.43. The van der Waals surface area contributed by atoms with Crippen molar-refractivity contribution in [1.29, 1.82) is 5.26 Å². The van der Waals surface area contributed by atoms with Crippen molar-refractivity contribution in [3.8, 4) is 11.8 Å². The number of carbonyl (C=O) groups excluding carboxylic acids is 1. The van der Waals surface area contributed by atoms with Gasteiger partial charge in [-0.1, -0.05) is 42.5 Å². The van der Waals surface area contributed by atoms with Crippen LogP contribution >= 0.6 is 0 Å². The van der Waals surface area contributed by atoms with Crippen LogP contribution in [0.25, 0.3) is 0 Å². The first kappa shape index (κ1) is 20.7. The summed E-state index contributed by atoms with van der Waals surface area (Å²) in [4.78, 5) is 14.2. The van der Waals surface area contributed by atoms with Gasteiger partial charge in [0.2, 0.25) is 0 Å². The maximum absolute atomic E-state index is 12.5. The Hall–Kier alpha value is -3.00. The van der Waals surface area contributed by atoms with Crippen LogP contribution in [0.4, 0.5) is 4.79 Å². The minimum atomic E-state index is -0.537. The fourth-order valence-corrected chi connectivity index (χ4v) is 3.62. The van der Waals surface area contributed by atoms with Crippen LogP contribution < -0.4 is 4.74 Å². The van der Waals surface area contributed by atoms with E-state index in [0.717, 1.165) is 16.9 Å². The van der Waals surface area contributed by atoms with Crippen LogP contribution in [-0.2, 0) is 11.3 Å². The lowest BCUT2D eigenvalue weighted by Crippen LogP contribution is -2.35. The highest BCUT2D eigenvalue weighted by Crippen LogP contribution is 2.36. The van der Waals surface area contributed by atoms with Gasteiger partial charge in [-0.25, -0.2) is 4.79 Å². The van der Waals surface area contributed by atoms with E-state index < -0.39 is 5.60 Å². The van der Waals surface area contributed by atoms with E-state index in [2.05, 4.69) is 6.07 Å². The Labute approximate surface area is 172 Å². The van der Waals surface area contributed by atoms with E-state index in [1.165, 1.54) is 0 Å². The van der Waals surface area contributed by atoms with Gasteiger partial charge < -0.3 is 14.4 Å². The SMILES string of the molecule is CC(C)(C)OC(=O)N1C[C@H](CC#N)[C@H](c2cccc(OCc3ccccc3)c2)C1. The van der Waals surface area contributed by atoms with Gasteiger partial charge in [0.05, 0.1) is 6.07 Å². The molecule has 1 saturated heterocycles. The number of likely N-dealkylation sites (tertiary alicyclic amines) is 1. The summed E-state index contributed by atoms with van der Waals surface area (Å²) < 4.78 is 11.5. The van der Waals surface area contributed by atoms with Gasteiger partial charge in [-0.2, -0.15) is 5.26 Å². The van der Waals surface area contributed by atoms with Crippen LogP contribution in [-0.4, -0.2) is 29.7 Å². The average Bonchev–Trinajstić information content (AvgIpc) is 3.11. The first-order valence-electron chi connectivity index (χ1n) is 9.97. The maximum Gasteiger partial charge on any atom is 0.410 e. The summed E-state index contributed by atoms with van der Waals surface area (Å²) in [5.74, 6) is 0.956. The number of hydrogen-bond donors (Lipinski definition) is 0. The van der Waals surface area contributed by atoms with Crippen molar-refractivity contribution in [2.75, 3.05) is 13.1 Å². The highest BCUT2D eigenvalue weighted by Gasteiger charge is 2.37. The van der Waals surface area contributed by atoms with Crippen LogP contribution in [0.15, 0.2) is 54.6 Å². The minimum absolute atomic E-state index is 0.0805. The van der Waals surface area contributed by atoms with Crippen molar-refractivity contribution < 1.29 is 14.3 Å². The molecule has 0 saturated carbocycles. The summed E-state index contributed by atoms with van der Waals surface area (Å²) in [6, 6.07) is 20.3. The van der Waals surface area contributed by atoms with Gasteiger partial charge in [-0.3, -0.25) is 0 Å². The third-order valence-corrected chi connectivity index (χ3v) is 4.98. The molecule has 0 N–H and O–H groups in total. The van der Waals surface area contributed by atoms with E-state index in [1.54, 1.807) is 4.90 Å². The van der Waals surface area contributed by atoms with Crippen molar-refractivity contribution >= 4 is 6.09 Å². The summed E-state index contributed by atoms with van der Waals surface area (Å²) in [6.45, 7) is 7.16. The van der Waals surface area contributed by atoms with E-state index in [-0.39, 0.29) is 17.9 Å². The summed E-state index contributed by atoms with van der Waals surface area (Å²) >= 11 is 0. The normalized spacial score (nSPS) is 18.9. The van der Waals surface area contributed by atoms with Crippen LogP contribution in [0.1, 0.15) is 44.2 Å². The van der Waals surface area contributed by atoms with Gasteiger partial charge in [-0.15, -0.1) is 0 Å². The second-order valence-electron chi connectivity index (χ2n) is 8.46. The molecule has 5 nitrogen and oxygen atoms in total. The molecule has 2 atom stereocenters. The number of rotatable bonds is 5. The third kappa shape index (κ3) is 5.74. The molecule has 1 amide bonds. The summed E-state index contributed by atoms with van der Waals surface area (Å²) in [5.41, 5.74) is 1.66. The lowest BCUT2D eigenvalue weighted by atomic mass is 9.87. The molecule has 1 heterocycles. The van der Waals surface area contributed by atoms with E-state index in [4.69, 9.17) is 9.47 Å². The quantitative estimate of drug-likeness (QED) is 0.708. The summed E-state index contributed by atoms with van der Waals surface area (Å²) in [6.07, 6.45) is 0.0819. The van der Waals surface area contributed by atoms with Crippen LogP contribution in [0.3, 0.4) is 0 Å². The zero-order valence-electron chi connectivity index (χ0n) is 17.3. The third-order valence-electron chi connectivity index (χ3n) is 4.98. The van der Waals surface area contributed by atoms with E-state index >= 15 is 0 Å².